The molecule has 0 spiro atoms. The summed E-state index contributed by atoms with van der Waals surface area (Å²) >= 11 is 0. The molecule has 0 radical (unpaired) electrons. The molecule has 0 saturated carbocycles. The van der Waals surface area contributed by atoms with Gasteiger partial charge in [-0.1, -0.05) is 0 Å². The molecule has 0 amide bonds. The van der Waals surface area contributed by atoms with E-state index in [1.165, 1.54) is 26.5 Å². The third kappa shape index (κ3) is 3.00. The highest BCUT2D eigenvalue weighted by Crippen LogP contribution is 2.30. The maximum atomic E-state index is 12.5. The van der Waals surface area contributed by atoms with Crippen LogP contribution in [0.25, 0.3) is 0 Å². The summed E-state index contributed by atoms with van der Waals surface area (Å²) in [6.45, 7) is 0.562. The SMILES string of the molecule is COc1ncc(NS(=O)(=O)c2ccc3c(c2)CCO3)c(OC)n1. The first kappa shape index (κ1) is 15.3. The number of benzene rings is 1. The van der Waals surface area contributed by atoms with E-state index in [2.05, 4.69) is 14.7 Å². The van der Waals surface area contributed by atoms with Crippen molar-refractivity contribution in [2.24, 2.45) is 0 Å². The molecule has 0 fully saturated rings. The van der Waals surface area contributed by atoms with Gasteiger partial charge in [0.05, 0.1) is 31.9 Å². The molecule has 1 aromatic carbocycles. The third-order valence-electron chi connectivity index (χ3n) is 3.32. The Morgan fingerprint density at radius 2 is 2.09 bits per heavy atom. The smallest absolute Gasteiger partial charge is 0.319 e. The van der Waals surface area contributed by atoms with Gasteiger partial charge < -0.3 is 14.2 Å². The number of hydrogen-bond donors (Lipinski definition) is 1. The maximum Gasteiger partial charge on any atom is 0.319 e. The predicted octanol–water partition coefficient (Wildman–Crippen LogP) is 1.23. The summed E-state index contributed by atoms with van der Waals surface area (Å²) in [5.41, 5.74) is 0.996. The lowest BCUT2D eigenvalue weighted by molar-refractivity contribution is 0.353. The number of ether oxygens (including phenoxy) is 3. The van der Waals surface area contributed by atoms with Crippen molar-refractivity contribution in [3.63, 3.8) is 0 Å². The fourth-order valence-corrected chi connectivity index (χ4v) is 3.30. The second-order valence-corrected chi connectivity index (χ2v) is 6.44. The van der Waals surface area contributed by atoms with Crippen molar-refractivity contribution in [2.75, 3.05) is 25.5 Å². The molecule has 1 aliphatic heterocycles. The van der Waals surface area contributed by atoms with Crippen molar-refractivity contribution in [3.05, 3.63) is 30.0 Å². The van der Waals surface area contributed by atoms with Gasteiger partial charge >= 0.3 is 6.01 Å². The van der Waals surface area contributed by atoms with Crippen LogP contribution < -0.4 is 18.9 Å². The predicted molar refractivity (Wildman–Crippen MR) is 81.6 cm³/mol. The van der Waals surface area contributed by atoms with Crippen LogP contribution in [0.3, 0.4) is 0 Å². The van der Waals surface area contributed by atoms with Gasteiger partial charge in [-0.15, -0.1) is 0 Å². The number of nitrogens with one attached hydrogen (secondary N) is 1. The minimum Gasteiger partial charge on any atom is -0.493 e. The Balaban J connectivity index is 1.92. The average Bonchev–Trinajstić information content (AvgIpc) is 3.02. The van der Waals surface area contributed by atoms with E-state index in [0.29, 0.717) is 18.8 Å². The topological polar surface area (TPSA) is 99.6 Å². The molecule has 8 nitrogen and oxygen atoms in total. The first-order valence-corrected chi connectivity index (χ1v) is 8.25. The Labute approximate surface area is 133 Å². The number of sulfonamides is 1. The molecule has 1 aliphatic rings. The van der Waals surface area contributed by atoms with Crippen molar-refractivity contribution >= 4 is 15.7 Å². The lowest BCUT2D eigenvalue weighted by Crippen LogP contribution is -2.14. The minimum atomic E-state index is -3.79. The highest BCUT2D eigenvalue weighted by Gasteiger charge is 2.21. The van der Waals surface area contributed by atoms with E-state index in [1.54, 1.807) is 12.1 Å². The molecular formula is C14H15N3O5S. The number of nitrogens with zero attached hydrogens (tertiary/aromatic N) is 2. The summed E-state index contributed by atoms with van der Waals surface area (Å²) in [7, 11) is -1.00. The third-order valence-corrected chi connectivity index (χ3v) is 4.69. The van der Waals surface area contributed by atoms with Gasteiger partial charge in [-0.25, -0.2) is 13.4 Å². The zero-order valence-electron chi connectivity index (χ0n) is 12.6. The van der Waals surface area contributed by atoms with E-state index in [0.717, 1.165) is 5.56 Å². The van der Waals surface area contributed by atoms with Gasteiger partial charge in [-0.2, -0.15) is 4.98 Å². The number of hydrogen-bond acceptors (Lipinski definition) is 7. The zero-order chi connectivity index (χ0) is 16.4. The summed E-state index contributed by atoms with van der Waals surface area (Å²) in [4.78, 5) is 7.96. The van der Waals surface area contributed by atoms with E-state index < -0.39 is 10.0 Å². The molecule has 0 saturated heterocycles. The van der Waals surface area contributed by atoms with Gasteiger partial charge in [0.2, 0.25) is 5.88 Å². The quantitative estimate of drug-likeness (QED) is 0.876. The van der Waals surface area contributed by atoms with Crippen LogP contribution in [0, 0.1) is 0 Å². The Morgan fingerprint density at radius 3 is 2.83 bits per heavy atom. The molecule has 9 heteroatoms. The molecule has 0 atom stereocenters. The fourth-order valence-electron chi connectivity index (χ4n) is 2.21. The number of fused-ring (bicyclic) bond motifs is 1. The van der Waals surface area contributed by atoms with Gasteiger partial charge in [0, 0.05) is 6.42 Å². The molecule has 1 N–H and O–H groups in total. The molecule has 2 aromatic rings. The van der Waals surface area contributed by atoms with E-state index in [9.17, 15) is 8.42 Å². The van der Waals surface area contributed by atoms with E-state index >= 15 is 0 Å². The van der Waals surface area contributed by atoms with Crippen LogP contribution in [0.15, 0.2) is 29.3 Å². The molecule has 3 rings (SSSR count). The number of aromatic nitrogens is 2. The van der Waals surface area contributed by atoms with E-state index in [4.69, 9.17) is 14.2 Å². The lowest BCUT2D eigenvalue weighted by Gasteiger charge is -2.11. The van der Waals surface area contributed by atoms with Gasteiger partial charge in [0.15, 0.2) is 0 Å². The summed E-state index contributed by atoms with van der Waals surface area (Å²) < 4.78 is 42.8. The molecule has 0 bridgehead atoms. The molecule has 0 aliphatic carbocycles. The van der Waals surface area contributed by atoms with Gasteiger partial charge in [0.1, 0.15) is 11.4 Å². The normalized spacial score (nSPS) is 13.1. The van der Waals surface area contributed by atoms with Crippen molar-refractivity contribution < 1.29 is 22.6 Å². The molecule has 0 unspecified atom stereocenters. The first-order valence-electron chi connectivity index (χ1n) is 6.77. The first-order chi connectivity index (χ1) is 11.0. The van der Waals surface area contributed by atoms with Crippen LogP contribution in [0.5, 0.6) is 17.6 Å². The Bertz CT molecular complexity index is 838. The summed E-state index contributed by atoms with van der Waals surface area (Å²) in [5, 5.41) is 0. The van der Waals surface area contributed by atoms with Crippen molar-refractivity contribution in [3.8, 4) is 17.6 Å². The average molecular weight is 337 g/mol. The molecule has 1 aromatic heterocycles. The fraction of sp³-hybridized carbons (Fsp3) is 0.286. The van der Waals surface area contributed by atoms with E-state index in [-0.39, 0.29) is 22.5 Å². The monoisotopic (exact) mass is 337 g/mol. The largest absolute Gasteiger partial charge is 0.493 e. The lowest BCUT2D eigenvalue weighted by atomic mass is 10.2. The number of anilines is 1. The van der Waals surface area contributed by atoms with Crippen LogP contribution in [-0.2, 0) is 16.4 Å². The van der Waals surface area contributed by atoms with Gasteiger partial charge in [0.25, 0.3) is 10.0 Å². The van der Waals surface area contributed by atoms with Gasteiger partial charge in [-0.3, -0.25) is 4.72 Å². The summed E-state index contributed by atoms with van der Waals surface area (Å²) in [6.07, 6.45) is 1.98. The van der Waals surface area contributed by atoms with Crippen molar-refractivity contribution in [1.29, 1.82) is 0 Å². The summed E-state index contributed by atoms with van der Waals surface area (Å²) in [6, 6.07) is 4.82. The highest BCUT2D eigenvalue weighted by molar-refractivity contribution is 7.92. The molecule has 2 heterocycles. The summed E-state index contributed by atoms with van der Waals surface area (Å²) in [5.74, 6) is 0.791. The van der Waals surface area contributed by atoms with Crippen LogP contribution in [0.2, 0.25) is 0 Å². The highest BCUT2D eigenvalue weighted by atomic mass is 32.2. The van der Waals surface area contributed by atoms with Crippen molar-refractivity contribution in [1.82, 2.24) is 9.97 Å². The Kier molecular flexibility index (Phi) is 3.95. The van der Waals surface area contributed by atoms with Crippen molar-refractivity contribution in [2.45, 2.75) is 11.3 Å². The van der Waals surface area contributed by atoms with Crippen LogP contribution in [0.4, 0.5) is 5.69 Å². The minimum absolute atomic E-state index is 0.0740. The standard InChI is InChI=1S/C14H15N3O5S/c1-20-13-11(8-15-14(16-13)21-2)17-23(18,19)10-3-4-12-9(7-10)5-6-22-12/h3-4,7-8,17H,5-6H2,1-2H3. The zero-order valence-corrected chi connectivity index (χ0v) is 13.4. The number of rotatable bonds is 5. The second kappa shape index (κ2) is 5.92. The Hall–Kier alpha value is -2.55. The Morgan fingerprint density at radius 1 is 1.26 bits per heavy atom. The maximum absolute atomic E-state index is 12.5. The van der Waals surface area contributed by atoms with Crippen LogP contribution in [0.1, 0.15) is 5.56 Å². The van der Waals surface area contributed by atoms with Crippen LogP contribution in [-0.4, -0.2) is 39.2 Å². The molecular weight excluding hydrogens is 322 g/mol. The molecule has 23 heavy (non-hydrogen) atoms. The molecule has 122 valence electrons. The van der Waals surface area contributed by atoms with Crippen LogP contribution >= 0.6 is 0 Å². The van der Waals surface area contributed by atoms with E-state index in [1.807, 2.05) is 0 Å². The van der Waals surface area contributed by atoms with Gasteiger partial charge in [-0.05, 0) is 23.8 Å². The number of methoxy groups -OCH3 is 2. The second-order valence-electron chi connectivity index (χ2n) is 4.75.